The van der Waals surface area contributed by atoms with Crippen molar-refractivity contribution < 1.29 is 58.0 Å². The van der Waals surface area contributed by atoms with Gasteiger partial charge in [-0.1, -0.05) is 120 Å². The first kappa shape index (κ1) is 103. The van der Waals surface area contributed by atoms with Crippen LogP contribution in [0.15, 0.2) is 252 Å². The number of halogens is 2. The molecular formula is C111H126Cl2N12O14P2S2. The van der Waals surface area contributed by atoms with Gasteiger partial charge >= 0.3 is 27.0 Å². The highest BCUT2D eigenvalue weighted by Crippen LogP contribution is 2.58. The number of piperidine rings is 2. The van der Waals surface area contributed by atoms with Crippen LogP contribution in [0.4, 0.5) is 45.5 Å². The summed E-state index contributed by atoms with van der Waals surface area (Å²) in [5.41, 5.74) is 15.2. The number of rotatable bonds is 35. The van der Waals surface area contributed by atoms with Gasteiger partial charge in [0, 0.05) is 195 Å². The molecule has 6 aliphatic rings. The fourth-order valence-corrected chi connectivity index (χ4v) is 28.1. The van der Waals surface area contributed by atoms with Crippen molar-refractivity contribution in [3.05, 3.63) is 307 Å². The minimum Gasteiger partial charge on any atom is -0.478 e. The number of aliphatic hydroxyl groups is 2. The summed E-state index contributed by atoms with van der Waals surface area (Å²) in [5, 5.41) is 68.2. The zero-order valence-corrected chi connectivity index (χ0v) is 86.7. The molecule has 6 fully saturated rings. The Balaban J connectivity index is 0.000000196. The van der Waals surface area contributed by atoms with Crippen LogP contribution in [0.25, 0.3) is 44.8 Å². The van der Waals surface area contributed by atoms with Crippen LogP contribution in [0.3, 0.4) is 0 Å². The van der Waals surface area contributed by atoms with Gasteiger partial charge in [-0.25, -0.2) is 9.59 Å². The van der Waals surface area contributed by atoms with E-state index in [0.29, 0.717) is 97.3 Å². The molecule has 0 aliphatic carbocycles. The normalized spacial score (nSPS) is 18.3. The number of benzene rings is 10. The number of hydrogen-bond donors (Lipinski definition) is 4. The van der Waals surface area contributed by atoms with E-state index in [2.05, 4.69) is 115 Å². The van der Waals surface area contributed by atoms with Crippen LogP contribution in [0, 0.1) is 51.8 Å². The highest BCUT2D eigenvalue weighted by atomic mass is 35.5. The Morgan fingerprint density at radius 3 is 1.14 bits per heavy atom. The van der Waals surface area contributed by atoms with Crippen molar-refractivity contribution in [1.82, 2.24) is 18.9 Å². The summed E-state index contributed by atoms with van der Waals surface area (Å²) >= 11 is 16.1. The Bertz CT molecular complexity index is 6580. The number of aliphatic hydroxyl groups excluding tert-OH is 2. The van der Waals surface area contributed by atoms with E-state index in [9.17, 15) is 59.4 Å². The van der Waals surface area contributed by atoms with Crippen molar-refractivity contribution in [3.8, 4) is 44.8 Å². The first-order chi connectivity index (χ1) is 69.1. The number of hydrogen-bond acceptors (Lipinski definition) is 20. The highest BCUT2D eigenvalue weighted by molar-refractivity contribution is 7.99. The number of aromatic carboxylic acids is 2. The second-order valence-corrected chi connectivity index (χ2v) is 46.3. The highest BCUT2D eigenvalue weighted by Gasteiger charge is 2.44. The fourth-order valence-electron chi connectivity index (χ4n) is 21.3. The second kappa shape index (κ2) is 46.5. The maximum absolute atomic E-state index is 14.9. The average Bonchev–Trinajstić information content (AvgIpc) is 1.59. The van der Waals surface area contributed by atoms with Crippen molar-refractivity contribution >= 4 is 130 Å². The van der Waals surface area contributed by atoms with Gasteiger partial charge in [0.15, 0.2) is 0 Å². The van der Waals surface area contributed by atoms with Crippen LogP contribution < -0.4 is 39.5 Å². The van der Waals surface area contributed by atoms with Gasteiger partial charge in [0.2, 0.25) is 0 Å². The molecule has 6 aliphatic heterocycles. The topological polar surface area (TPSA) is 290 Å². The maximum Gasteiger partial charge on any atom is 0.338 e. The van der Waals surface area contributed by atoms with Gasteiger partial charge in [0.05, 0.1) is 75.4 Å². The smallest absolute Gasteiger partial charge is 0.338 e. The summed E-state index contributed by atoms with van der Waals surface area (Å²) < 4.78 is 49.6. The molecule has 32 heteroatoms. The number of aromatic nitrogens is 2. The van der Waals surface area contributed by atoms with Gasteiger partial charge in [0.25, 0.3) is 11.4 Å². The zero-order chi connectivity index (χ0) is 100. The lowest BCUT2D eigenvalue weighted by Crippen LogP contribution is -2.46. The molecular weight excluding hydrogens is 1920 g/mol. The molecule has 10 aromatic carbocycles. The molecule has 0 amide bonds. The third kappa shape index (κ3) is 23.7. The lowest BCUT2D eigenvalue weighted by atomic mass is 9.94. The molecule has 0 unspecified atom stereocenters. The molecule has 6 saturated heterocycles. The van der Waals surface area contributed by atoms with Crippen LogP contribution >= 0.6 is 61.8 Å². The third-order valence-corrected chi connectivity index (χ3v) is 36.9. The standard InChI is InChI=1S/C56H64ClN6O7PS.C55H62ClN6O7PS/c1-39(2)62-40(3)53(56(65)66)54(55(62)43-12-15-46(57)16-13-43)45-8-7-9-49(35-45)60-30-28-59(29-31-60)47-17-19-48(20-18-47)61-32-33-70-71(61,69)50-21-14-44(52(36-50)63(67)68)34-42(38-72-51-10-5-4-6-11-51)24-27-58-25-22-41(37-64)23-26-58;1-38(2)61-39(3)52(55(64)65)53(54(61)41-12-15-44(56)16-13-41)43-8-7-9-47(35-43)59-30-28-58(29-31-59)45-17-19-46(20-18-45)60-32-33-69-70(60,68)49-21-14-42(51(36-49)62(66)67)34-40(37-71-50-10-5-4-6-11-50)22-25-57-26-23-48(63)24-27-57/h4-21,35-36,39,41-42,64H,22-34,37-38H2,1-3H3,(H,65,66);4-21,35-36,38,40,48,63H,22-34,37H2,1-3H3,(H,64,65)/t42-,71+;40-,70-/m00/s1. The van der Waals surface area contributed by atoms with Crippen LogP contribution in [-0.4, -0.2) is 203 Å². The second-order valence-electron chi connectivity index (χ2n) is 38.6. The van der Waals surface area contributed by atoms with E-state index < -0.39 is 27.0 Å². The summed E-state index contributed by atoms with van der Waals surface area (Å²) in [7, 11) is -7.36. The maximum atomic E-state index is 14.9. The molecule has 750 valence electrons. The number of thioether (sulfide) groups is 2. The molecule has 0 bridgehead atoms. The lowest BCUT2D eigenvalue weighted by molar-refractivity contribution is -0.385. The van der Waals surface area contributed by atoms with Crippen LogP contribution in [0.5, 0.6) is 0 Å². The van der Waals surface area contributed by atoms with Gasteiger partial charge < -0.3 is 68.0 Å². The van der Waals surface area contributed by atoms with Gasteiger partial charge in [-0.15, -0.1) is 23.5 Å². The minimum absolute atomic E-state index is 0.0183. The minimum atomic E-state index is -3.68. The van der Waals surface area contributed by atoms with Gasteiger partial charge in [-0.3, -0.25) is 38.7 Å². The summed E-state index contributed by atoms with van der Waals surface area (Å²) in [4.78, 5) is 67.1. The van der Waals surface area contributed by atoms with E-state index >= 15 is 0 Å². The molecule has 0 radical (unpaired) electrons. The van der Waals surface area contributed by atoms with Crippen molar-refractivity contribution in [3.63, 3.8) is 0 Å². The van der Waals surface area contributed by atoms with Gasteiger partial charge in [-0.2, -0.15) is 0 Å². The molecule has 8 heterocycles. The molecule has 26 nitrogen and oxygen atoms in total. The molecule has 4 atom stereocenters. The molecule has 2 aromatic heterocycles. The summed E-state index contributed by atoms with van der Waals surface area (Å²) in [5.74, 6) is 0.356. The van der Waals surface area contributed by atoms with Crippen molar-refractivity contribution in [1.29, 1.82) is 0 Å². The predicted molar refractivity (Wildman–Crippen MR) is 580 cm³/mol. The van der Waals surface area contributed by atoms with Crippen molar-refractivity contribution in [2.24, 2.45) is 17.8 Å². The van der Waals surface area contributed by atoms with Crippen LogP contribution in [0.2, 0.25) is 10.0 Å². The van der Waals surface area contributed by atoms with Crippen LogP contribution in [0.1, 0.15) is 122 Å². The predicted octanol–water partition coefficient (Wildman–Crippen LogP) is 23.1. The summed E-state index contributed by atoms with van der Waals surface area (Å²) in [6.07, 6.45) is 6.02. The van der Waals surface area contributed by atoms with Crippen LogP contribution in [-0.2, 0) is 31.0 Å². The molecule has 4 N–H and O–H groups in total. The molecule has 18 rings (SSSR count). The number of anilines is 6. The van der Waals surface area contributed by atoms with E-state index in [1.165, 1.54) is 12.1 Å². The number of nitro benzene ring substituents is 2. The zero-order valence-electron chi connectivity index (χ0n) is 81.8. The SMILES string of the molecule is Cc1c(C(=O)O)c(-c2cccc(N3CCN(c4ccc(N5CCO[P@@]5(=O)c5ccc(C[C@H](CCN6CCC(O)CC6)CSc6ccccc6)c([N+](=O)[O-])c5)cc4)CC3)c2)c(-c2ccc(Cl)cc2)n1C(C)C.Cc1c(C(=O)O)c(-c2cccc(N3CCN(c4ccc(N5CCO[P@]5(=O)c5ccc(C[C@H](CCN6CCC(CO)CC6)CSc6ccccc6)c([N+](=O)[O-])c5)cc4)CC3)c2)c(-c2ccc(Cl)cc2)n1C(C)C. The Labute approximate surface area is 855 Å². The Kier molecular flexibility index (Phi) is 33.5. The first-order valence-electron chi connectivity index (χ1n) is 49.7. The monoisotopic (exact) mass is 2050 g/mol. The quantitative estimate of drug-likeness (QED) is 0.0124. The van der Waals surface area contributed by atoms with E-state index in [1.807, 2.05) is 172 Å². The molecule has 0 saturated carbocycles. The third-order valence-electron chi connectivity index (χ3n) is 28.8. The number of carbonyl (C=O) groups is 2. The average molecular weight is 2050 g/mol. The lowest BCUT2D eigenvalue weighted by Gasteiger charge is -2.37. The molecule has 0 spiro atoms. The van der Waals surface area contributed by atoms with E-state index in [1.54, 1.807) is 57.1 Å². The first-order valence-corrected chi connectivity index (χ1v) is 55.6. The van der Waals surface area contributed by atoms with E-state index in [-0.39, 0.29) is 71.1 Å². The number of nitro groups is 2. The molecule has 143 heavy (non-hydrogen) atoms. The molecule has 12 aromatic rings. The largest absolute Gasteiger partial charge is 0.478 e. The number of nitrogens with zero attached hydrogens (tertiary/aromatic N) is 12. The summed E-state index contributed by atoms with van der Waals surface area (Å²) in [6.45, 7) is 24.8. The van der Waals surface area contributed by atoms with Gasteiger partial charge in [0.1, 0.15) is 0 Å². The fraction of sp³-hybridized carbons (Fsp3) is 0.369. The number of likely N-dealkylation sites (tertiary alicyclic amines) is 2. The Morgan fingerprint density at radius 2 is 0.790 bits per heavy atom. The number of piperazine rings is 2. The van der Waals surface area contributed by atoms with Gasteiger partial charge in [-0.05, 0) is 293 Å². The Hall–Kier alpha value is -11.2. The Morgan fingerprint density at radius 1 is 0.434 bits per heavy atom. The summed E-state index contributed by atoms with van der Waals surface area (Å²) in [6, 6.07) is 77.9. The van der Waals surface area contributed by atoms with E-state index in [4.69, 9.17) is 32.2 Å². The van der Waals surface area contributed by atoms with E-state index in [0.717, 1.165) is 219 Å². The number of carboxylic acids is 2. The number of carboxylic acid groups (broad SMARTS) is 2. The van der Waals surface area contributed by atoms with Crippen molar-refractivity contribution in [2.45, 2.75) is 121 Å². The van der Waals surface area contributed by atoms with Crippen molar-refractivity contribution in [2.75, 3.05) is 165 Å².